The summed E-state index contributed by atoms with van der Waals surface area (Å²) >= 11 is 5.81. The molecule has 0 saturated carbocycles. The summed E-state index contributed by atoms with van der Waals surface area (Å²) in [5, 5.41) is 5.88. The predicted molar refractivity (Wildman–Crippen MR) is 93.8 cm³/mol. The van der Waals surface area contributed by atoms with E-state index >= 15 is 0 Å². The third kappa shape index (κ3) is 3.33. The van der Waals surface area contributed by atoms with E-state index in [1.807, 2.05) is 25.1 Å². The van der Waals surface area contributed by atoms with Crippen LogP contribution in [0.15, 0.2) is 36.5 Å². The van der Waals surface area contributed by atoms with E-state index in [1.165, 1.54) is 12.3 Å². The van der Waals surface area contributed by atoms with E-state index in [0.717, 1.165) is 17.7 Å². The maximum Gasteiger partial charge on any atom is 0.321 e. The molecule has 6 nitrogen and oxygen atoms in total. The predicted octanol–water partition coefficient (Wildman–Crippen LogP) is 3.08. The zero-order valence-corrected chi connectivity index (χ0v) is 13.9. The molecule has 2 N–H and O–H groups in total. The van der Waals surface area contributed by atoms with Crippen molar-refractivity contribution in [2.75, 3.05) is 23.3 Å². The largest absolute Gasteiger partial charge is 0.338 e. The minimum atomic E-state index is -0.276. The molecule has 3 rings (SSSR count). The number of pyridine rings is 1. The molecule has 2 aromatic rings. The molecule has 1 aliphatic rings. The van der Waals surface area contributed by atoms with Crippen molar-refractivity contribution in [3.8, 4) is 0 Å². The molecule has 1 aromatic heterocycles. The number of hydrogen-bond acceptors (Lipinski definition) is 3. The van der Waals surface area contributed by atoms with Crippen LogP contribution in [0.2, 0.25) is 5.15 Å². The van der Waals surface area contributed by atoms with Gasteiger partial charge in [-0.2, -0.15) is 0 Å². The Morgan fingerprint density at radius 2 is 2.12 bits per heavy atom. The average molecular weight is 345 g/mol. The van der Waals surface area contributed by atoms with E-state index < -0.39 is 0 Å². The fraction of sp³-hybridized carbons (Fsp3) is 0.235. The van der Waals surface area contributed by atoms with Gasteiger partial charge in [-0.05, 0) is 43.2 Å². The Morgan fingerprint density at radius 1 is 1.29 bits per heavy atom. The number of aromatic nitrogens is 1. The van der Waals surface area contributed by atoms with E-state index in [1.54, 1.807) is 11.0 Å². The number of rotatable bonds is 3. The Balaban J connectivity index is 1.80. The highest BCUT2D eigenvalue weighted by molar-refractivity contribution is 6.29. The lowest BCUT2D eigenvalue weighted by atomic mass is 10.1. The molecule has 0 unspecified atom stereocenters. The van der Waals surface area contributed by atoms with Crippen LogP contribution >= 0.6 is 11.6 Å². The molecule has 3 amide bonds. The highest BCUT2D eigenvalue weighted by atomic mass is 35.5. The lowest BCUT2D eigenvalue weighted by Crippen LogP contribution is -2.38. The number of urea groups is 1. The minimum absolute atomic E-state index is 0.124. The van der Waals surface area contributed by atoms with Crippen molar-refractivity contribution in [1.82, 2.24) is 10.3 Å². The third-order valence-electron chi connectivity index (χ3n) is 3.80. The number of carbonyl (C=O) groups excluding carboxylic acids is 2. The first-order valence-electron chi connectivity index (χ1n) is 7.69. The number of nitrogens with one attached hydrogen (secondary N) is 2. The number of anilines is 2. The average Bonchev–Trinajstić information content (AvgIpc) is 2.98. The van der Waals surface area contributed by atoms with Crippen molar-refractivity contribution in [2.24, 2.45) is 0 Å². The summed E-state index contributed by atoms with van der Waals surface area (Å²) in [5.41, 5.74) is 2.97. The topological polar surface area (TPSA) is 74.3 Å². The van der Waals surface area contributed by atoms with Gasteiger partial charge in [-0.25, -0.2) is 9.78 Å². The molecule has 0 bridgehead atoms. The molecule has 0 spiro atoms. The highest BCUT2D eigenvalue weighted by Gasteiger charge is 2.24. The van der Waals surface area contributed by atoms with Crippen molar-refractivity contribution >= 4 is 34.9 Å². The SMILES string of the molecule is CCNC(=O)N1CCc2ccc(NC(=O)c3ccnc(Cl)c3)cc21. The molecule has 124 valence electrons. The Kier molecular flexibility index (Phi) is 4.66. The summed E-state index contributed by atoms with van der Waals surface area (Å²) in [6.07, 6.45) is 2.29. The van der Waals surface area contributed by atoms with Crippen LogP contribution in [0.3, 0.4) is 0 Å². The number of benzene rings is 1. The summed E-state index contributed by atoms with van der Waals surface area (Å²) in [5.74, 6) is -0.276. The Hall–Kier alpha value is -2.60. The van der Waals surface area contributed by atoms with Crippen LogP contribution in [0.4, 0.5) is 16.2 Å². The molecular formula is C17H17ClN4O2. The van der Waals surface area contributed by atoms with Gasteiger partial charge < -0.3 is 10.6 Å². The molecule has 0 radical (unpaired) electrons. The van der Waals surface area contributed by atoms with Gasteiger partial charge in [-0.1, -0.05) is 17.7 Å². The number of halogens is 1. The van der Waals surface area contributed by atoms with Crippen LogP contribution < -0.4 is 15.5 Å². The maximum absolute atomic E-state index is 12.3. The van der Waals surface area contributed by atoms with Gasteiger partial charge in [-0.3, -0.25) is 9.69 Å². The van der Waals surface area contributed by atoms with Crippen molar-refractivity contribution in [1.29, 1.82) is 0 Å². The minimum Gasteiger partial charge on any atom is -0.338 e. The van der Waals surface area contributed by atoms with E-state index in [9.17, 15) is 9.59 Å². The molecule has 0 saturated heterocycles. The summed E-state index contributed by atoms with van der Waals surface area (Å²) < 4.78 is 0. The first-order chi connectivity index (χ1) is 11.6. The van der Waals surface area contributed by atoms with Crippen LogP contribution in [0, 0.1) is 0 Å². The first kappa shape index (κ1) is 16.3. The Morgan fingerprint density at radius 3 is 2.88 bits per heavy atom. The second-order valence-corrected chi connectivity index (χ2v) is 5.79. The van der Waals surface area contributed by atoms with Crippen LogP contribution in [0.1, 0.15) is 22.8 Å². The second-order valence-electron chi connectivity index (χ2n) is 5.40. The highest BCUT2D eigenvalue weighted by Crippen LogP contribution is 2.31. The standard InChI is InChI=1S/C17H17ClN4O2/c1-2-19-17(24)22-8-6-11-3-4-13(10-14(11)22)21-16(23)12-5-7-20-15(18)9-12/h3-5,7,9-10H,2,6,8H2,1H3,(H,19,24)(H,21,23). The Labute approximate surface area is 144 Å². The van der Waals surface area contributed by atoms with Crippen molar-refractivity contribution in [3.05, 3.63) is 52.8 Å². The van der Waals surface area contributed by atoms with Gasteiger partial charge in [0, 0.05) is 30.5 Å². The number of carbonyl (C=O) groups is 2. The van der Waals surface area contributed by atoms with Gasteiger partial charge in [-0.15, -0.1) is 0 Å². The third-order valence-corrected chi connectivity index (χ3v) is 4.01. The molecule has 2 heterocycles. The number of amides is 3. The van der Waals surface area contributed by atoms with E-state index in [4.69, 9.17) is 11.6 Å². The Bertz CT molecular complexity index is 794. The number of fused-ring (bicyclic) bond motifs is 1. The van der Waals surface area contributed by atoms with E-state index in [0.29, 0.717) is 24.3 Å². The number of hydrogen-bond donors (Lipinski definition) is 2. The molecule has 0 fully saturated rings. The number of nitrogens with zero attached hydrogens (tertiary/aromatic N) is 2. The summed E-state index contributed by atoms with van der Waals surface area (Å²) in [7, 11) is 0. The van der Waals surface area contributed by atoms with Crippen LogP contribution in [-0.2, 0) is 6.42 Å². The van der Waals surface area contributed by atoms with Crippen LogP contribution in [0.5, 0.6) is 0 Å². The van der Waals surface area contributed by atoms with Crippen LogP contribution in [-0.4, -0.2) is 30.0 Å². The van der Waals surface area contributed by atoms with Gasteiger partial charge in [0.05, 0.1) is 5.69 Å². The summed E-state index contributed by atoms with van der Waals surface area (Å²) in [6, 6.07) is 8.56. The zero-order valence-electron chi connectivity index (χ0n) is 13.2. The first-order valence-corrected chi connectivity index (χ1v) is 8.07. The van der Waals surface area contributed by atoms with E-state index in [-0.39, 0.29) is 17.1 Å². The van der Waals surface area contributed by atoms with Gasteiger partial charge in [0.15, 0.2) is 0 Å². The molecule has 0 aliphatic carbocycles. The second kappa shape index (κ2) is 6.88. The van der Waals surface area contributed by atoms with Gasteiger partial charge >= 0.3 is 6.03 Å². The maximum atomic E-state index is 12.3. The van der Waals surface area contributed by atoms with E-state index in [2.05, 4.69) is 15.6 Å². The molecular weight excluding hydrogens is 328 g/mol. The molecule has 1 aromatic carbocycles. The fourth-order valence-corrected chi connectivity index (χ4v) is 2.84. The quantitative estimate of drug-likeness (QED) is 0.840. The lowest BCUT2D eigenvalue weighted by Gasteiger charge is -2.18. The monoisotopic (exact) mass is 344 g/mol. The molecule has 0 atom stereocenters. The van der Waals surface area contributed by atoms with Gasteiger partial charge in [0.2, 0.25) is 0 Å². The normalized spacial score (nSPS) is 12.7. The van der Waals surface area contributed by atoms with Crippen molar-refractivity contribution in [3.63, 3.8) is 0 Å². The fourth-order valence-electron chi connectivity index (χ4n) is 2.66. The molecule has 1 aliphatic heterocycles. The summed E-state index contributed by atoms with van der Waals surface area (Å²) in [4.78, 5) is 30.0. The molecule has 7 heteroatoms. The smallest absolute Gasteiger partial charge is 0.321 e. The van der Waals surface area contributed by atoms with Crippen molar-refractivity contribution in [2.45, 2.75) is 13.3 Å². The van der Waals surface area contributed by atoms with Gasteiger partial charge in [0.25, 0.3) is 5.91 Å². The van der Waals surface area contributed by atoms with Crippen LogP contribution in [0.25, 0.3) is 0 Å². The van der Waals surface area contributed by atoms with Gasteiger partial charge in [0.1, 0.15) is 5.15 Å². The zero-order chi connectivity index (χ0) is 17.1. The lowest BCUT2D eigenvalue weighted by molar-refractivity contribution is 0.102. The van der Waals surface area contributed by atoms with Crippen molar-refractivity contribution < 1.29 is 9.59 Å². The molecule has 24 heavy (non-hydrogen) atoms. The summed E-state index contributed by atoms with van der Waals surface area (Å²) in [6.45, 7) is 3.09.